The fourth-order valence-corrected chi connectivity index (χ4v) is 2.11. The van der Waals surface area contributed by atoms with Crippen molar-refractivity contribution >= 4 is 5.91 Å². The molecule has 3 N–H and O–H groups in total. The summed E-state index contributed by atoms with van der Waals surface area (Å²) >= 11 is 0. The van der Waals surface area contributed by atoms with Crippen molar-refractivity contribution in [3.8, 4) is 5.75 Å². The van der Waals surface area contributed by atoms with Gasteiger partial charge in [-0.3, -0.25) is 4.79 Å². The van der Waals surface area contributed by atoms with E-state index in [1.165, 1.54) is 24.3 Å². The molecule has 2 aromatic carbocycles. The highest BCUT2D eigenvalue weighted by Crippen LogP contribution is 2.30. The highest BCUT2D eigenvalue weighted by Gasteiger charge is 2.30. The molecule has 1 amide bonds. The Hall–Kier alpha value is -2.54. The van der Waals surface area contributed by atoms with E-state index in [4.69, 9.17) is 5.11 Å². The van der Waals surface area contributed by atoms with Crippen LogP contribution in [-0.2, 0) is 17.4 Å². The number of carbonyl (C=O) groups excluding carboxylic acids is 1. The van der Waals surface area contributed by atoms with Gasteiger partial charge < -0.3 is 15.5 Å². The quantitative estimate of drug-likeness (QED) is 0.785. The van der Waals surface area contributed by atoms with Crippen LogP contribution in [0.3, 0.4) is 0 Å². The van der Waals surface area contributed by atoms with Crippen LogP contribution in [0.5, 0.6) is 5.75 Å². The maximum atomic E-state index is 12.6. The van der Waals surface area contributed by atoms with Gasteiger partial charge in [0.2, 0.25) is 5.91 Å². The van der Waals surface area contributed by atoms with E-state index in [1.54, 1.807) is 12.1 Å². The van der Waals surface area contributed by atoms with Crippen LogP contribution in [0.25, 0.3) is 0 Å². The number of hydrogen-bond donors (Lipinski definition) is 3. The summed E-state index contributed by atoms with van der Waals surface area (Å²) in [6, 6.07) is 10.4. The summed E-state index contributed by atoms with van der Waals surface area (Å²) in [5.41, 5.74) is -0.108. The summed E-state index contributed by atoms with van der Waals surface area (Å²) in [6.07, 6.45) is -5.69. The molecule has 24 heavy (non-hydrogen) atoms. The minimum atomic E-state index is -4.49. The highest BCUT2D eigenvalue weighted by molar-refractivity contribution is 5.78. The van der Waals surface area contributed by atoms with E-state index in [2.05, 4.69) is 5.32 Å². The average Bonchev–Trinajstić information content (AvgIpc) is 2.54. The van der Waals surface area contributed by atoms with Gasteiger partial charge in [-0.05, 0) is 35.4 Å². The van der Waals surface area contributed by atoms with Crippen LogP contribution in [0.1, 0.15) is 22.8 Å². The second kappa shape index (κ2) is 7.35. The maximum absolute atomic E-state index is 12.6. The molecule has 2 aromatic rings. The number of aromatic hydroxyl groups is 1. The third-order valence-corrected chi connectivity index (χ3v) is 3.39. The van der Waals surface area contributed by atoms with Crippen molar-refractivity contribution in [2.45, 2.75) is 18.7 Å². The zero-order valence-corrected chi connectivity index (χ0v) is 12.5. The lowest BCUT2D eigenvalue weighted by atomic mass is 10.1. The molecule has 0 aliphatic rings. The predicted octanol–water partition coefficient (Wildman–Crippen LogP) is 2.80. The van der Waals surface area contributed by atoms with Crippen LogP contribution in [0.15, 0.2) is 48.5 Å². The summed E-state index contributed by atoms with van der Waals surface area (Å²) in [5.74, 6) is -0.300. The Morgan fingerprint density at radius 2 is 1.79 bits per heavy atom. The molecule has 7 heteroatoms. The number of carbonyl (C=O) groups is 1. The zero-order chi connectivity index (χ0) is 17.7. The minimum absolute atomic E-state index is 0.0373. The first-order valence-corrected chi connectivity index (χ1v) is 7.15. The van der Waals surface area contributed by atoms with Crippen LogP contribution < -0.4 is 5.32 Å². The number of halogens is 3. The van der Waals surface area contributed by atoms with Crippen molar-refractivity contribution in [1.82, 2.24) is 5.32 Å². The van der Waals surface area contributed by atoms with Crippen molar-refractivity contribution in [2.24, 2.45) is 0 Å². The monoisotopic (exact) mass is 339 g/mol. The largest absolute Gasteiger partial charge is 0.508 e. The van der Waals surface area contributed by atoms with E-state index in [1.807, 2.05) is 0 Å². The van der Waals surface area contributed by atoms with Gasteiger partial charge in [-0.2, -0.15) is 13.2 Å². The zero-order valence-electron chi connectivity index (χ0n) is 12.5. The molecule has 0 spiro atoms. The maximum Gasteiger partial charge on any atom is 0.416 e. The van der Waals surface area contributed by atoms with Crippen molar-refractivity contribution in [3.63, 3.8) is 0 Å². The number of aliphatic hydroxyl groups excluding tert-OH is 1. The van der Waals surface area contributed by atoms with Gasteiger partial charge in [-0.15, -0.1) is 0 Å². The summed E-state index contributed by atoms with van der Waals surface area (Å²) < 4.78 is 37.9. The number of phenolic OH excluding ortho intramolecular Hbond substituents is 1. The molecule has 0 bridgehead atoms. The topological polar surface area (TPSA) is 69.6 Å². The third kappa shape index (κ3) is 4.99. The molecule has 4 nitrogen and oxygen atoms in total. The number of amides is 1. The number of hydrogen-bond acceptors (Lipinski definition) is 3. The standard InChI is InChI=1S/C17H16F3NO3/c18-17(19,20)13-3-1-2-12(9-13)15(23)10-21-16(24)8-11-4-6-14(22)7-5-11/h1-7,9,15,22-23H,8,10H2,(H,21,24). The number of benzene rings is 2. The van der Waals surface area contributed by atoms with Gasteiger partial charge in [0.15, 0.2) is 0 Å². The van der Waals surface area contributed by atoms with Gasteiger partial charge in [0.25, 0.3) is 0 Å². The predicted molar refractivity (Wildman–Crippen MR) is 81.2 cm³/mol. The Morgan fingerprint density at radius 1 is 1.12 bits per heavy atom. The van der Waals surface area contributed by atoms with Crippen molar-refractivity contribution in [1.29, 1.82) is 0 Å². The Labute approximate surface area is 136 Å². The third-order valence-electron chi connectivity index (χ3n) is 3.39. The van der Waals surface area contributed by atoms with Crippen LogP contribution in [0.2, 0.25) is 0 Å². The van der Waals surface area contributed by atoms with Crippen LogP contribution in [0, 0.1) is 0 Å². The van der Waals surface area contributed by atoms with Gasteiger partial charge in [0, 0.05) is 6.54 Å². The number of alkyl halides is 3. The normalized spacial score (nSPS) is 12.7. The van der Waals surface area contributed by atoms with Crippen LogP contribution in [-0.4, -0.2) is 22.7 Å². The molecule has 1 atom stereocenters. The van der Waals surface area contributed by atoms with Gasteiger partial charge in [0.1, 0.15) is 5.75 Å². The van der Waals surface area contributed by atoms with Gasteiger partial charge in [-0.25, -0.2) is 0 Å². The highest BCUT2D eigenvalue weighted by atomic mass is 19.4. The number of rotatable bonds is 5. The van der Waals surface area contributed by atoms with Gasteiger partial charge in [-0.1, -0.05) is 24.3 Å². The van der Waals surface area contributed by atoms with E-state index >= 15 is 0 Å². The molecule has 0 saturated heterocycles. The molecule has 0 radical (unpaired) electrons. The fraction of sp³-hybridized carbons (Fsp3) is 0.235. The van der Waals surface area contributed by atoms with E-state index in [0.717, 1.165) is 12.1 Å². The first kappa shape index (κ1) is 17.8. The molecule has 2 rings (SSSR count). The molecule has 1 unspecified atom stereocenters. The van der Waals surface area contributed by atoms with Crippen LogP contribution >= 0.6 is 0 Å². The Bertz CT molecular complexity index is 699. The molecule has 0 saturated carbocycles. The SMILES string of the molecule is O=C(Cc1ccc(O)cc1)NCC(O)c1cccc(C(F)(F)F)c1. The van der Waals surface area contributed by atoms with E-state index in [-0.39, 0.29) is 30.2 Å². The molecule has 0 aliphatic carbocycles. The molecule has 128 valence electrons. The average molecular weight is 339 g/mol. The van der Waals surface area contributed by atoms with Gasteiger partial charge in [0.05, 0.1) is 18.1 Å². The number of aliphatic hydroxyl groups is 1. The van der Waals surface area contributed by atoms with Crippen molar-refractivity contribution in [2.75, 3.05) is 6.54 Å². The lowest BCUT2D eigenvalue weighted by molar-refractivity contribution is -0.137. The molecular weight excluding hydrogens is 323 g/mol. The Morgan fingerprint density at radius 3 is 2.42 bits per heavy atom. The van der Waals surface area contributed by atoms with Crippen molar-refractivity contribution in [3.05, 3.63) is 65.2 Å². The van der Waals surface area contributed by atoms with E-state index in [9.17, 15) is 23.1 Å². The lowest BCUT2D eigenvalue weighted by Gasteiger charge is -2.14. The Kier molecular flexibility index (Phi) is 5.46. The molecule has 0 fully saturated rings. The lowest BCUT2D eigenvalue weighted by Crippen LogP contribution is -2.29. The first-order valence-electron chi connectivity index (χ1n) is 7.15. The molecule has 0 aromatic heterocycles. The van der Waals surface area contributed by atoms with E-state index < -0.39 is 17.8 Å². The molecular formula is C17H16F3NO3. The summed E-state index contributed by atoms with van der Waals surface area (Å²) in [6.45, 7) is -0.196. The number of phenols is 1. The minimum Gasteiger partial charge on any atom is -0.508 e. The first-order chi connectivity index (χ1) is 11.3. The summed E-state index contributed by atoms with van der Waals surface area (Å²) in [7, 11) is 0. The Balaban J connectivity index is 1.91. The second-order valence-electron chi connectivity index (χ2n) is 5.29. The second-order valence-corrected chi connectivity index (χ2v) is 5.29. The summed E-state index contributed by atoms with van der Waals surface area (Å²) in [4.78, 5) is 11.8. The number of nitrogens with one attached hydrogen (secondary N) is 1. The fourth-order valence-electron chi connectivity index (χ4n) is 2.11. The summed E-state index contributed by atoms with van der Waals surface area (Å²) in [5, 5.41) is 21.6. The van der Waals surface area contributed by atoms with Crippen molar-refractivity contribution < 1.29 is 28.2 Å². The van der Waals surface area contributed by atoms with Gasteiger partial charge >= 0.3 is 6.18 Å². The molecule has 0 aliphatic heterocycles. The van der Waals surface area contributed by atoms with Crippen LogP contribution in [0.4, 0.5) is 13.2 Å². The van der Waals surface area contributed by atoms with E-state index in [0.29, 0.717) is 5.56 Å². The molecule has 0 heterocycles. The smallest absolute Gasteiger partial charge is 0.416 e.